The molecule has 0 unspecified atom stereocenters. The zero-order valence-electron chi connectivity index (χ0n) is 15.7. The number of ether oxygens (including phenoxy) is 1. The second kappa shape index (κ2) is 8.31. The van der Waals surface area contributed by atoms with Crippen molar-refractivity contribution < 1.29 is 9.53 Å². The molecule has 1 aliphatic rings. The van der Waals surface area contributed by atoms with Gasteiger partial charge in [0.15, 0.2) is 5.69 Å². The average Bonchev–Trinajstić information content (AvgIpc) is 3.12. The number of hydrogen-bond donors (Lipinski definition) is 1. The van der Waals surface area contributed by atoms with Gasteiger partial charge in [-0.1, -0.05) is 23.4 Å². The first kappa shape index (κ1) is 18.4. The molecule has 1 aromatic heterocycles. The van der Waals surface area contributed by atoms with E-state index in [1.54, 1.807) is 13.3 Å². The number of carbonyl (C=O) groups is 1. The molecule has 1 fully saturated rings. The van der Waals surface area contributed by atoms with E-state index in [0.29, 0.717) is 5.69 Å². The largest absolute Gasteiger partial charge is 0.496 e. The minimum atomic E-state index is -0.167. The quantitative estimate of drug-likeness (QED) is 0.859. The van der Waals surface area contributed by atoms with E-state index in [0.717, 1.165) is 38.2 Å². The lowest BCUT2D eigenvalue weighted by Crippen LogP contribution is -2.34. The molecule has 0 radical (unpaired) electrons. The van der Waals surface area contributed by atoms with Crippen molar-refractivity contribution in [1.29, 1.82) is 0 Å². The Balaban J connectivity index is 1.55. The Morgan fingerprint density at radius 3 is 2.73 bits per heavy atom. The number of hydrogen-bond acceptors (Lipinski definition) is 5. The topological polar surface area (TPSA) is 72.3 Å². The van der Waals surface area contributed by atoms with Crippen molar-refractivity contribution in [1.82, 2.24) is 25.2 Å². The van der Waals surface area contributed by atoms with Crippen molar-refractivity contribution in [3.63, 3.8) is 0 Å². The highest BCUT2D eigenvalue weighted by Crippen LogP contribution is 2.25. The summed E-state index contributed by atoms with van der Waals surface area (Å²) >= 11 is 0. The number of benzene rings is 1. The van der Waals surface area contributed by atoms with Crippen LogP contribution in [0.15, 0.2) is 30.5 Å². The molecule has 1 aromatic carbocycles. The third kappa shape index (κ3) is 4.40. The van der Waals surface area contributed by atoms with Gasteiger partial charge < -0.3 is 10.1 Å². The van der Waals surface area contributed by atoms with Crippen molar-refractivity contribution in [2.24, 2.45) is 0 Å². The van der Waals surface area contributed by atoms with Crippen LogP contribution in [0.3, 0.4) is 0 Å². The lowest BCUT2D eigenvalue weighted by molar-refractivity contribution is 0.0938. The van der Waals surface area contributed by atoms with Crippen molar-refractivity contribution in [3.05, 3.63) is 41.7 Å². The standard InChI is InChI=1S/C19H27N5O2/c1-14(2)20-19(25)17-13-24(22-21-17)16-8-10-23(11-9-16)12-15-6-4-5-7-18(15)26-3/h4-7,13-14,16H,8-12H2,1-3H3,(H,20,25). The SMILES string of the molecule is COc1ccccc1CN1CCC(n2cc(C(=O)NC(C)C)nn2)CC1. The molecule has 1 saturated heterocycles. The maximum Gasteiger partial charge on any atom is 0.273 e. The summed E-state index contributed by atoms with van der Waals surface area (Å²) in [4.78, 5) is 14.4. The number of piperidine rings is 1. The van der Waals surface area contributed by atoms with E-state index in [1.165, 1.54) is 5.56 Å². The van der Waals surface area contributed by atoms with E-state index in [9.17, 15) is 4.79 Å². The summed E-state index contributed by atoms with van der Waals surface area (Å²) in [5, 5.41) is 11.0. The Labute approximate surface area is 154 Å². The van der Waals surface area contributed by atoms with Crippen molar-refractivity contribution in [3.8, 4) is 5.75 Å². The predicted molar refractivity (Wildman–Crippen MR) is 99.2 cm³/mol. The Morgan fingerprint density at radius 1 is 1.31 bits per heavy atom. The van der Waals surface area contributed by atoms with Crippen LogP contribution in [0.5, 0.6) is 5.75 Å². The third-order valence-corrected chi connectivity index (χ3v) is 4.68. The minimum Gasteiger partial charge on any atom is -0.496 e. The summed E-state index contributed by atoms with van der Waals surface area (Å²) < 4.78 is 7.29. The van der Waals surface area contributed by atoms with Gasteiger partial charge in [0.1, 0.15) is 5.75 Å². The molecule has 3 rings (SSSR count). The summed E-state index contributed by atoms with van der Waals surface area (Å²) in [7, 11) is 1.71. The van der Waals surface area contributed by atoms with Gasteiger partial charge in [-0.15, -0.1) is 5.10 Å². The minimum absolute atomic E-state index is 0.0888. The molecule has 2 aromatic rings. The molecular formula is C19H27N5O2. The first-order chi connectivity index (χ1) is 12.6. The molecule has 1 N–H and O–H groups in total. The van der Waals surface area contributed by atoms with Crippen molar-refractivity contribution in [2.75, 3.05) is 20.2 Å². The van der Waals surface area contributed by atoms with Crippen LogP contribution < -0.4 is 10.1 Å². The Morgan fingerprint density at radius 2 is 2.04 bits per heavy atom. The molecule has 140 valence electrons. The second-order valence-corrected chi connectivity index (χ2v) is 7.03. The molecule has 2 heterocycles. The first-order valence-electron chi connectivity index (χ1n) is 9.13. The van der Waals surface area contributed by atoms with Crippen LogP contribution in [0, 0.1) is 0 Å². The van der Waals surface area contributed by atoms with Gasteiger partial charge in [-0.2, -0.15) is 0 Å². The van der Waals surface area contributed by atoms with Gasteiger partial charge in [0, 0.05) is 31.2 Å². The maximum absolute atomic E-state index is 12.0. The van der Waals surface area contributed by atoms with E-state index < -0.39 is 0 Å². The van der Waals surface area contributed by atoms with E-state index in [1.807, 2.05) is 36.7 Å². The number of para-hydroxylation sites is 1. The summed E-state index contributed by atoms with van der Waals surface area (Å²) in [6.45, 7) is 6.71. The van der Waals surface area contributed by atoms with Gasteiger partial charge in [-0.25, -0.2) is 4.68 Å². The number of likely N-dealkylation sites (tertiary alicyclic amines) is 1. The van der Waals surface area contributed by atoms with Gasteiger partial charge in [0.2, 0.25) is 0 Å². The molecule has 0 atom stereocenters. The molecule has 0 saturated carbocycles. The Kier molecular flexibility index (Phi) is 5.88. The zero-order valence-corrected chi connectivity index (χ0v) is 15.7. The average molecular weight is 357 g/mol. The number of aromatic nitrogens is 3. The fraction of sp³-hybridized carbons (Fsp3) is 0.526. The molecular weight excluding hydrogens is 330 g/mol. The normalized spacial score (nSPS) is 16.0. The smallest absolute Gasteiger partial charge is 0.273 e. The zero-order chi connectivity index (χ0) is 18.5. The number of rotatable bonds is 6. The molecule has 7 heteroatoms. The van der Waals surface area contributed by atoms with Crippen LogP contribution in [0.1, 0.15) is 48.8 Å². The highest BCUT2D eigenvalue weighted by atomic mass is 16.5. The number of nitrogens with zero attached hydrogens (tertiary/aromatic N) is 4. The van der Waals surface area contributed by atoms with E-state index in [2.05, 4.69) is 26.6 Å². The Bertz CT molecular complexity index is 735. The van der Waals surface area contributed by atoms with Crippen LogP contribution in [0.2, 0.25) is 0 Å². The highest BCUT2D eigenvalue weighted by Gasteiger charge is 2.23. The second-order valence-electron chi connectivity index (χ2n) is 7.03. The summed E-state index contributed by atoms with van der Waals surface area (Å²) in [6, 6.07) is 8.53. The summed E-state index contributed by atoms with van der Waals surface area (Å²) in [5.74, 6) is 0.770. The molecule has 7 nitrogen and oxygen atoms in total. The van der Waals surface area contributed by atoms with Gasteiger partial charge in [0.25, 0.3) is 5.91 Å². The van der Waals surface area contributed by atoms with Gasteiger partial charge in [-0.05, 0) is 32.8 Å². The molecule has 1 aliphatic heterocycles. The monoisotopic (exact) mass is 357 g/mol. The van der Waals surface area contributed by atoms with Crippen LogP contribution in [0.4, 0.5) is 0 Å². The van der Waals surface area contributed by atoms with Crippen molar-refractivity contribution >= 4 is 5.91 Å². The van der Waals surface area contributed by atoms with Crippen molar-refractivity contribution in [2.45, 2.75) is 45.3 Å². The number of nitrogens with one attached hydrogen (secondary N) is 1. The van der Waals surface area contributed by atoms with Gasteiger partial charge in [0.05, 0.1) is 19.3 Å². The Hall–Kier alpha value is -2.41. The summed E-state index contributed by atoms with van der Waals surface area (Å²) in [6.07, 6.45) is 3.74. The van der Waals surface area contributed by atoms with Crippen LogP contribution in [-0.4, -0.2) is 52.0 Å². The van der Waals surface area contributed by atoms with E-state index in [-0.39, 0.29) is 18.0 Å². The van der Waals surface area contributed by atoms with E-state index >= 15 is 0 Å². The van der Waals surface area contributed by atoms with Gasteiger partial charge in [-0.3, -0.25) is 9.69 Å². The fourth-order valence-electron chi connectivity index (χ4n) is 3.31. The lowest BCUT2D eigenvalue weighted by Gasteiger charge is -2.32. The third-order valence-electron chi connectivity index (χ3n) is 4.68. The lowest BCUT2D eigenvalue weighted by atomic mass is 10.0. The van der Waals surface area contributed by atoms with E-state index in [4.69, 9.17) is 4.74 Å². The molecule has 0 aliphatic carbocycles. The first-order valence-corrected chi connectivity index (χ1v) is 9.13. The van der Waals surface area contributed by atoms with Crippen LogP contribution in [0.25, 0.3) is 0 Å². The number of carbonyl (C=O) groups excluding carboxylic acids is 1. The summed E-state index contributed by atoms with van der Waals surface area (Å²) in [5.41, 5.74) is 1.59. The van der Waals surface area contributed by atoms with Gasteiger partial charge >= 0.3 is 0 Å². The van der Waals surface area contributed by atoms with Crippen LogP contribution in [-0.2, 0) is 6.54 Å². The predicted octanol–water partition coefficient (Wildman–Crippen LogP) is 2.26. The number of methoxy groups -OCH3 is 1. The molecule has 0 spiro atoms. The highest BCUT2D eigenvalue weighted by molar-refractivity contribution is 5.91. The fourth-order valence-corrected chi connectivity index (χ4v) is 3.31. The number of amides is 1. The maximum atomic E-state index is 12.0. The molecule has 26 heavy (non-hydrogen) atoms. The van der Waals surface area contributed by atoms with Crippen LogP contribution >= 0.6 is 0 Å². The molecule has 1 amide bonds. The molecule has 0 bridgehead atoms.